The number of rotatable bonds is 10. The first-order chi connectivity index (χ1) is 20.5. The zero-order valence-electron chi connectivity index (χ0n) is 24.6. The van der Waals surface area contributed by atoms with E-state index < -0.39 is 29.6 Å². The number of fused-ring (bicyclic) bond motifs is 1. The summed E-state index contributed by atoms with van der Waals surface area (Å²) in [5.74, 6) is 5.43. The Bertz CT molecular complexity index is 1440. The van der Waals surface area contributed by atoms with Crippen molar-refractivity contribution in [2.75, 3.05) is 34.0 Å². The van der Waals surface area contributed by atoms with Crippen LogP contribution >= 0.6 is 23.4 Å². The molecule has 2 aromatic carbocycles. The number of nitrogens with one attached hydrogen (secondary N) is 1. The van der Waals surface area contributed by atoms with Crippen molar-refractivity contribution in [3.8, 4) is 11.5 Å². The maximum Gasteiger partial charge on any atom is 0.322 e. The zero-order chi connectivity index (χ0) is 31.7. The summed E-state index contributed by atoms with van der Waals surface area (Å²) in [6.45, 7) is 4.34. The number of nitrogens with two attached hydrogens (primary N) is 2. The summed E-state index contributed by atoms with van der Waals surface area (Å²) >= 11 is 7.44. The molecule has 12 nitrogen and oxygen atoms in total. The number of aliphatic imine (C=N–C) groups is 1. The van der Waals surface area contributed by atoms with Gasteiger partial charge in [0.1, 0.15) is 22.6 Å². The molecule has 0 saturated heterocycles. The normalized spacial score (nSPS) is 18.7. The zero-order valence-corrected chi connectivity index (χ0v) is 26.2. The third-order valence-corrected chi connectivity index (χ3v) is 7.70. The average Bonchev–Trinajstić information content (AvgIpc) is 3.10. The lowest BCUT2D eigenvalue weighted by atomic mass is 9.98. The van der Waals surface area contributed by atoms with Gasteiger partial charge in [0.05, 0.1) is 20.8 Å². The molecule has 1 aliphatic heterocycles. The van der Waals surface area contributed by atoms with Gasteiger partial charge in [0.2, 0.25) is 11.0 Å². The van der Waals surface area contributed by atoms with Gasteiger partial charge >= 0.3 is 5.97 Å². The van der Waals surface area contributed by atoms with Crippen molar-refractivity contribution in [3.63, 3.8) is 0 Å². The van der Waals surface area contributed by atoms with Gasteiger partial charge in [-0.15, -0.1) is 5.11 Å². The van der Waals surface area contributed by atoms with E-state index in [4.69, 9.17) is 47.5 Å². The molecule has 5 N–H and O–H groups in total. The van der Waals surface area contributed by atoms with Crippen LogP contribution in [0.1, 0.15) is 44.4 Å². The van der Waals surface area contributed by atoms with Crippen LogP contribution in [0.5, 0.6) is 11.5 Å². The monoisotopic (exact) mass is 636 g/mol. The van der Waals surface area contributed by atoms with Gasteiger partial charge in [-0.3, -0.25) is 9.79 Å². The van der Waals surface area contributed by atoms with E-state index in [1.807, 2.05) is 0 Å². The van der Waals surface area contributed by atoms with Crippen LogP contribution in [0.2, 0.25) is 5.02 Å². The highest BCUT2D eigenvalue weighted by molar-refractivity contribution is 8.15. The molecule has 1 aliphatic rings. The van der Waals surface area contributed by atoms with Crippen LogP contribution in [0.25, 0.3) is 0 Å². The number of benzene rings is 2. The van der Waals surface area contributed by atoms with Gasteiger partial charge in [0.15, 0.2) is 18.2 Å². The maximum atomic E-state index is 14.0. The minimum absolute atomic E-state index is 0.0791. The summed E-state index contributed by atoms with van der Waals surface area (Å²) in [6, 6.07) is 10.3. The van der Waals surface area contributed by atoms with E-state index in [0.29, 0.717) is 33.3 Å². The number of esters is 1. The van der Waals surface area contributed by atoms with E-state index in [1.165, 1.54) is 18.8 Å². The predicted octanol–water partition coefficient (Wildman–Crippen LogP) is 4.94. The van der Waals surface area contributed by atoms with Crippen molar-refractivity contribution in [2.45, 2.75) is 44.1 Å². The largest absolute Gasteiger partial charge is 0.493 e. The summed E-state index contributed by atoms with van der Waals surface area (Å²) in [4.78, 5) is 16.9. The first-order valence-electron chi connectivity index (χ1n) is 13.3. The van der Waals surface area contributed by atoms with Gasteiger partial charge in [-0.2, -0.15) is 9.98 Å². The van der Waals surface area contributed by atoms with Crippen LogP contribution in [0.4, 0.5) is 10.1 Å². The van der Waals surface area contributed by atoms with Crippen molar-refractivity contribution < 1.29 is 32.7 Å². The lowest BCUT2D eigenvalue weighted by molar-refractivity contribution is -0.319. The third-order valence-electron chi connectivity index (χ3n) is 6.39. The number of nitrogens with zero attached hydrogens (tertiary/aromatic N) is 4. The van der Waals surface area contributed by atoms with Gasteiger partial charge in [0.25, 0.3) is 5.84 Å². The lowest BCUT2D eigenvalue weighted by Gasteiger charge is -2.24. The Hall–Kier alpha value is -3.75. The summed E-state index contributed by atoms with van der Waals surface area (Å²) in [5, 5.41) is 16.8. The van der Waals surface area contributed by atoms with E-state index in [-0.39, 0.29) is 36.4 Å². The highest BCUT2D eigenvalue weighted by Gasteiger charge is 2.39. The van der Waals surface area contributed by atoms with Crippen LogP contribution in [0, 0.1) is 5.41 Å². The quantitative estimate of drug-likeness (QED) is 0.0626. The second-order valence-corrected chi connectivity index (χ2v) is 11.7. The van der Waals surface area contributed by atoms with Gasteiger partial charge in [-0.25, -0.2) is 4.39 Å². The van der Waals surface area contributed by atoms with Crippen LogP contribution in [0.15, 0.2) is 51.7 Å². The standard InChI is InChI=1S/C28H35ClFN7O5S/c1-6-41-26(38)28(2,3)43-27(35-36-33)34-13-12-21-25(32)37(22(31)15-30)19-11-10-16(29)14-18(19)23(42-21)17-8-7-9-20(39-4)24(17)40-5/h7-11,14,21,23,31-32H,6,12-13,15H2,1-5H3,(H2,33,34,35)/p+1/t21-,23-/m1/s1. The smallest absolute Gasteiger partial charge is 0.322 e. The van der Waals surface area contributed by atoms with E-state index >= 15 is 0 Å². The van der Waals surface area contributed by atoms with Crippen LogP contribution in [0.3, 0.4) is 0 Å². The Balaban J connectivity index is 2.09. The average molecular weight is 637 g/mol. The van der Waals surface area contributed by atoms with E-state index in [1.54, 1.807) is 57.2 Å². The molecule has 0 spiro atoms. The fraction of sp³-hybridized carbons (Fsp3) is 0.429. The summed E-state index contributed by atoms with van der Waals surface area (Å²) < 4.78 is 37.3. The molecule has 3 rings (SSSR count). The Kier molecular flexibility index (Phi) is 11.9. The highest BCUT2D eigenvalue weighted by Crippen LogP contribution is 2.44. The maximum absolute atomic E-state index is 14.0. The van der Waals surface area contributed by atoms with Crippen molar-refractivity contribution in [1.82, 2.24) is 0 Å². The second-order valence-electron chi connectivity index (χ2n) is 9.64. The Morgan fingerprint density at radius 3 is 2.60 bits per heavy atom. The first-order valence-corrected chi connectivity index (χ1v) is 14.5. The topological polar surface area (TPSA) is 170 Å². The summed E-state index contributed by atoms with van der Waals surface area (Å²) in [6.07, 6.45) is -1.63. The van der Waals surface area contributed by atoms with Crippen LogP contribution in [-0.4, -0.2) is 72.3 Å². The van der Waals surface area contributed by atoms with Crippen molar-refractivity contribution >= 4 is 51.9 Å². The number of methoxy groups -OCH3 is 2. The predicted molar refractivity (Wildman–Crippen MR) is 165 cm³/mol. The minimum Gasteiger partial charge on any atom is -0.493 e. The highest BCUT2D eigenvalue weighted by atomic mass is 35.5. The van der Waals surface area contributed by atoms with E-state index in [9.17, 15) is 9.18 Å². The number of hydrogen-bond acceptors (Lipinski definition) is 9. The fourth-order valence-corrected chi connectivity index (χ4v) is 5.46. The number of thioether (sulfide) groups is 1. The molecular weight excluding hydrogens is 601 g/mol. The molecule has 1 heterocycles. The number of halogens is 2. The number of alkyl halides is 1. The van der Waals surface area contributed by atoms with Crippen LogP contribution < -0.4 is 21.1 Å². The van der Waals surface area contributed by atoms with Crippen molar-refractivity contribution in [3.05, 3.63) is 52.5 Å². The lowest BCUT2D eigenvalue weighted by Crippen LogP contribution is -2.37. The Morgan fingerprint density at radius 2 is 1.98 bits per heavy atom. The van der Waals surface area contributed by atoms with E-state index in [0.717, 1.165) is 11.8 Å². The van der Waals surface area contributed by atoms with Gasteiger partial charge in [0, 0.05) is 29.1 Å². The molecule has 0 amide bonds. The summed E-state index contributed by atoms with van der Waals surface area (Å²) in [5.41, 5.74) is 7.68. The number of carbonyl (C=O) groups excluding carboxylic acids is 1. The molecule has 0 radical (unpaired) electrons. The second kappa shape index (κ2) is 15.1. The van der Waals surface area contributed by atoms with Crippen molar-refractivity contribution in [1.29, 1.82) is 5.41 Å². The van der Waals surface area contributed by atoms with Gasteiger partial charge in [-0.05, 0) is 45.0 Å². The molecule has 43 heavy (non-hydrogen) atoms. The molecule has 2 atom stereocenters. The Labute approximate surface area is 258 Å². The van der Waals surface area contributed by atoms with Crippen LogP contribution in [-0.2, 0) is 14.3 Å². The molecule has 2 aromatic rings. The number of para-hydroxylation sites is 1. The molecule has 15 heteroatoms. The number of carbonyl (C=O) groups is 1. The van der Waals surface area contributed by atoms with Crippen molar-refractivity contribution in [2.24, 2.45) is 26.9 Å². The Morgan fingerprint density at radius 1 is 1.23 bits per heavy atom. The molecule has 0 saturated carbocycles. The number of ether oxygens (including phenoxy) is 4. The number of hydrogen-bond donors (Lipinski definition) is 3. The molecule has 232 valence electrons. The summed E-state index contributed by atoms with van der Waals surface area (Å²) in [7, 11) is 3.03. The molecular formula is C28H36ClFN7O5S+. The SMILES string of the molecule is CCOC(=O)C(C)(C)SC(N=NN)=NCC[C@H]1O[C@H](c2cccc(OC)c2OC)c2cc(Cl)ccc2[N+](=C(N)CF)C1=N. The first kappa shape index (κ1) is 33.7. The molecule has 0 bridgehead atoms. The molecule has 0 fully saturated rings. The third kappa shape index (κ3) is 7.80. The van der Waals surface area contributed by atoms with Gasteiger partial charge < -0.3 is 30.5 Å². The molecule has 0 aromatic heterocycles. The minimum atomic E-state index is -1.02. The molecule has 0 aliphatic carbocycles. The fourth-order valence-electron chi connectivity index (χ4n) is 4.43. The number of amidine groups is 3. The van der Waals surface area contributed by atoms with E-state index in [2.05, 4.69) is 15.3 Å². The van der Waals surface area contributed by atoms with Gasteiger partial charge in [-0.1, -0.05) is 40.7 Å². The molecule has 0 unspecified atom stereocenters.